The Morgan fingerprint density at radius 2 is 1.53 bits per heavy atom. The zero-order valence-corrected chi connectivity index (χ0v) is 12.1. The van der Waals surface area contributed by atoms with Crippen LogP contribution in [0.3, 0.4) is 0 Å². The van der Waals surface area contributed by atoms with Gasteiger partial charge < -0.3 is 9.47 Å². The molecule has 0 aliphatic heterocycles. The Morgan fingerprint density at radius 3 is 2.05 bits per heavy atom. The monoisotopic (exact) mass is 295 g/mol. The van der Waals surface area contributed by atoms with Gasteiger partial charge in [0.1, 0.15) is 0 Å². The average molecular weight is 295 g/mol. The van der Waals surface area contributed by atoms with Gasteiger partial charge in [0.15, 0.2) is 0 Å². The van der Waals surface area contributed by atoms with E-state index < -0.39 is 16.0 Å². The van der Waals surface area contributed by atoms with Crippen LogP contribution >= 0.6 is 0 Å². The summed E-state index contributed by atoms with van der Waals surface area (Å²) in [5, 5.41) is 0. The van der Waals surface area contributed by atoms with E-state index in [0.29, 0.717) is 13.0 Å². The van der Waals surface area contributed by atoms with E-state index in [9.17, 15) is 18.0 Å². The lowest BCUT2D eigenvalue weighted by atomic mass is 10.3. The predicted octanol–water partition coefficient (Wildman–Crippen LogP) is 0.202. The SMILES string of the molecule is CCOC(=O)CCCNS(=O)(=O)CCC(=O)OCC. The van der Waals surface area contributed by atoms with Crippen molar-refractivity contribution in [2.24, 2.45) is 0 Å². The number of hydrogen-bond acceptors (Lipinski definition) is 6. The molecule has 112 valence electrons. The highest BCUT2D eigenvalue weighted by Gasteiger charge is 2.13. The van der Waals surface area contributed by atoms with Crippen LogP contribution in [0.5, 0.6) is 0 Å². The molecule has 0 fully saturated rings. The molecule has 0 aromatic carbocycles. The maximum Gasteiger partial charge on any atom is 0.306 e. The predicted molar refractivity (Wildman–Crippen MR) is 68.9 cm³/mol. The molecule has 0 saturated heterocycles. The van der Waals surface area contributed by atoms with Crippen LogP contribution < -0.4 is 4.72 Å². The second kappa shape index (κ2) is 9.74. The Balaban J connectivity index is 3.79. The van der Waals surface area contributed by atoms with E-state index >= 15 is 0 Å². The fourth-order valence-electron chi connectivity index (χ4n) is 1.22. The third kappa shape index (κ3) is 10.5. The largest absolute Gasteiger partial charge is 0.466 e. The van der Waals surface area contributed by atoms with Crippen LogP contribution in [0.2, 0.25) is 0 Å². The number of rotatable bonds is 10. The van der Waals surface area contributed by atoms with Gasteiger partial charge in [-0.2, -0.15) is 0 Å². The maximum absolute atomic E-state index is 11.5. The van der Waals surface area contributed by atoms with Gasteiger partial charge in [-0.25, -0.2) is 13.1 Å². The summed E-state index contributed by atoms with van der Waals surface area (Å²) in [6.07, 6.45) is 0.340. The first-order valence-corrected chi connectivity index (χ1v) is 7.85. The van der Waals surface area contributed by atoms with Gasteiger partial charge in [-0.3, -0.25) is 9.59 Å². The molecule has 0 aliphatic carbocycles. The minimum Gasteiger partial charge on any atom is -0.466 e. The van der Waals surface area contributed by atoms with E-state index in [-0.39, 0.29) is 37.7 Å². The van der Waals surface area contributed by atoms with Crippen LogP contribution in [0.25, 0.3) is 0 Å². The molecule has 0 aromatic rings. The quantitative estimate of drug-likeness (QED) is 0.457. The normalized spacial score (nSPS) is 11.1. The number of carbonyl (C=O) groups is 2. The lowest BCUT2D eigenvalue weighted by molar-refractivity contribution is -0.143. The molecule has 0 aliphatic rings. The lowest BCUT2D eigenvalue weighted by Crippen LogP contribution is -2.29. The van der Waals surface area contributed by atoms with Gasteiger partial charge in [-0.15, -0.1) is 0 Å². The summed E-state index contributed by atoms with van der Waals surface area (Å²) in [4.78, 5) is 22.0. The molecular weight excluding hydrogens is 274 g/mol. The third-order valence-corrected chi connectivity index (χ3v) is 3.45. The number of carbonyl (C=O) groups excluding carboxylic acids is 2. The van der Waals surface area contributed by atoms with Gasteiger partial charge in [0.05, 0.1) is 25.4 Å². The minimum atomic E-state index is -3.51. The highest BCUT2D eigenvalue weighted by Crippen LogP contribution is 1.96. The second-order valence-electron chi connectivity index (χ2n) is 3.68. The first-order chi connectivity index (χ1) is 8.91. The van der Waals surface area contributed by atoms with Crippen molar-refractivity contribution < 1.29 is 27.5 Å². The van der Waals surface area contributed by atoms with Gasteiger partial charge in [-0.1, -0.05) is 0 Å². The highest BCUT2D eigenvalue weighted by atomic mass is 32.2. The van der Waals surface area contributed by atoms with Gasteiger partial charge in [0, 0.05) is 13.0 Å². The first kappa shape index (κ1) is 17.8. The molecule has 0 amide bonds. The summed E-state index contributed by atoms with van der Waals surface area (Å²) in [5.41, 5.74) is 0. The fraction of sp³-hybridized carbons (Fsp3) is 0.818. The van der Waals surface area contributed by atoms with E-state index in [2.05, 4.69) is 9.46 Å². The molecule has 0 rings (SSSR count). The average Bonchev–Trinajstić information content (AvgIpc) is 2.33. The second-order valence-corrected chi connectivity index (χ2v) is 5.60. The van der Waals surface area contributed by atoms with Crippen molar-refractivity contribution in [2.45, 2.75) is 33.1 Å². The molecule has 0 spiro atoms. The third-order valence-electron chi connectivity index (χ3n) is 2.07. The standard InChI is InChI=1S/C11H21NO6S/c1-3-17-10(13)6-5-8-12-19(15,16)9-7-11(14)18-4-2/h12H,3-9H2,1-2H3. The Bertz CT molecular complexity index is 379. The maximum atomic E-state index is 11.5. The summed E-state index contributed by atoms with van der Waals surface area (Å²) < 4.78 is 34.6. The van der Waals surface area contributed by atoms with Crippen LogP contribution in [-0.4, -0.2) is 45.9 Å². The summed E-state index contributed by atoms with van der Waals surface area (Å²) in [6.45, 7) is 4.04. The molecule has 0 aromatic heterocycles. The molecule has 0 heterocycles. The summed E-state index contributed by atoms with van der Waals surface area (Å²) in [6, 6.07) is 0. The molecule has 0 bridgehead atoms. The lowest BCUT2D eigenvalue weighted by Gasteiger charge is -2.06. The molecule has 19 heavy (non-hydrogen) atoms. The van der Waals surface area contributed by atoms with Crippen molar-refractivity contribution in [2.75, 3.05) is 25.5 Å². The molecule has 8 heteroatoms. The molecule has 0 saturated carbocycles. The molecule has 0 atom stereocenters. The summed E-state index contributed by atoms with van der Waals surface area (Å²) >= 11 is 0. The Labute approximate surface area is 113 Å². The van der Waals surface area contributed by atoms with Gasteiger partial charge in [0.2, 0.25) is 10.0 Å². The van der Waals surface area contributed by atoms with Gasteiger partial charge in [0.25, 0.3) is 0 Å². The van der Waals surface area contributed by atoms with Crippen LogP contribution in [0.15, 0.2) is 0 Å². The summed E-state index contributed by atoms with van der Waals surface area (Å²) in [7, 11) is -3.51. The Hall–Kier alpha value is -1.15. The highest BCUT2D eigenvalue weighted by molar-refractivity contribution is 7.89. The van der Waals surface area contributed by atoms with Crippen LogP contribution in [0.1, 0.15) is 33.1 Å². The van der Waals surface area contributed by atoms with Crippen molar-refractivity contribution in [3.63, 3.8) is 0 Å². The smallest absolute Gasteiger partial charge is 0.306 e. The first-order valence-electron chi connectivity index (χ1n) is 6.19. The van der Waals surface area contributed by atoms with Crippen molar-refractivity contribution in [1.82, 2.24) is 4.72 Å². The van der Waals surface area contributed by atoms with Gasteiger partial charge in [-0.05, 0) is 20.3 Å². The van der Waals surface area contributed by atoms with Crippen LogP contribution in [0.4, 0.5) is 0 Å². The van der Waals surface area contributed by atoms with Crippen molar-refractivity contribution in [3.05, 3.63) is 0 Å². The molecule has 1 N–H and O–H groups in total. The number of hydrogen-bond donors (Lipinski definition) is 1. The number of nitrogens with one attached hydrogen (secondary N) is 1. The van der Waals surface area contributed by atoms with Crippen molar-refractivity contribution >= 4 is 22.0 Å². The number of ether oxygens (including phenoxy) is 2. The van der Waals surface area contributed by atoms with E-state index in [1.165, 1.54) is 0 Å². The van der Waals surface area contributed by atoms with Crippen LogP contribution in [0, 0.1) is 0 Å². The zero-order chi connectivity index (χ0) is 14.7. The van der Waals surface area contributed by atoms with Crippen LogP contribution in [-0.2, 0) is 29.1 Å². The zero-order valence-electron chi connectivity index (χ0n) is 11.3. The molecule has 0 unspecified atom stereocenters. The van der Waals surface area contributed by atoms with Crippen molar-refractivity contribution in [3.8, 4) is 0 Å². The molecular formula is C11H21NO6S. The van der Waals surface area contributed by atoms with Gasteiger partial charge >= 0.3 is 11.9 Å². The van der Waals surface area contributed by atoms with E-state index in [0.717, 1.165) is 0 Å². The Kier molecular flexibility index (Phi) is 9.15. The number of sulfonamides is 1. The van der Waals surface area contributed by atoms with Crippen molar-refractivity contribution in [1.29, 1.82) is 0 Å². The minimum absolute atomic E-state index is 0.143. The molecule has 7 nitrogen and oxygen atoms in total. The fourth-order valence-corrected chi connectivity index (χ4v) is 2.25. The topological polar surface area (TPSA) is 98.8 Å². The Morgan fingerprint density at radius 1 is 1.00 bits per heavy atom. The van der Waals surface area contributed by atoms with E-state index in [1.807, 2.05) is 0 Å². The number of esters is 2. The summed E-state index contributed by atoms with van der Waals surface area (Å²) in [5.74, 6) is -1.21. The van der Waals surface area contributed by atoms with E-state index in [1.54, 1.807) is 13.8 Å². The molecule has 0 radical (unpaired) electrons. The van der Waals surface area contributed by atoms with E-state index in [4.69, 9.17) is 4.74 Å².